The van der Waals surface area contributed by atoms with E-state index in [0.717, 1.165) is 6.07 Å². The number of nitrogen functional groups attached to an aromatic ring is 1. The third kappa shape index (κ3) is 2.20. The van der Waals surface area contributed by atoms with E-state index in [-0.39, 0.29) is 17.8 Å². The molecular weight excluding hydrogens is 185 g/mol. The van der Waals surface area contributed by atoms with Crippen molar-refractivity contribution >= 4 is 11.6 Å². The van der Waals surface area contributed by atoms with Gasteiger partial charge in [0.15, 0.2) is 0 Å². The second-order valence-corrected chi connectivity index (χ2v) is 2.58. The first kappa shape index (κ1) is 9.99. The smallest absolute Gasteiger partial charge is 0.255 e. The van der Waals surface area contributed by atoms with Gasteiger partial charge in [-0.1, -0.05) is 0 Å². The Bertz CT molecular complexity index is 398. The molecule has 0 bridgehead atoms. The molecule has 0 saturated heterocycles. The van der Waals surface area contributed by atoms with Gasteiger partial charge in [0, 0.05) is 5.69 Å². The number of nitrogens with one attached hydrogen (secondary N) is 1. The first-order valence-electron chi connectivity index (χ1n) is 3.85. The Morgan fingerprint density at radius 1 is 1.64 bits per heavy atom. The lowest BCUT2D eigenvalue weighted by atomic mass is 10.2. The van der Waals surface area contributed by atoms with Crippen LogP contribution in [0.25, 0.3) is 0 Å². The number of amides is 1. The van der Waals surface area contributed by atoms with E-state index >= 15 is 0 Å². The van der Waals surface area contributed by atoms with Crippen LogP contribution >= 0.6 is 0 Å². The number of anilines is 1. The van der Waals surface area contributed by atoms with Crippen LogP contribution in [0.2, 0.25) is 0 Å². The standard InChI is InChI=1S/C9H8FN3O/c10-8-5-6(12)1-2-7(8)9(14)13-4-3-11/h1-2,5H,4,12H2,(H,13,14). The topological polar surface area (TPSA) is 78.9 Å². The minimum atomic E-state index is -0.694. The maximum absolute atomic E-state index is 13.1. The van der Waals surface area contributed by atoms with Crippen molar-refractivity contribution in [3.63, 3.8) is 0 Å². The number of halogens is 1. The third-order valence-electron chi connectivity index (χ3n) is 1.57. The molecule has 0 spiro atoms. The zero-order chi connectivity index (χ0) is 10.6. The first-order valence-corrected chi connectivity index (χ1v) is 3.85. The van der Waals surface area contributed by atoms with Crippen LogP contribution in [0.4, 0.5) is 10.1 Å². The zero-order valence-corrected chi connectivity index (χ0v) is 7.25. The summed E-state index contributed by atoms with van der Waals surface area (Å²) in [5.41, 5.74) is 5.44. The van der Waals surface area contributed by atoms with Crippen molar-refractivity contribution in [1.29, 1.82) is 5.26 Å². The lowest BCUT2D eigenvalue weighted by Crippen LogP contribution is -2.24. The molecule has 0 aliphatic rings. The van der Waals surface area contributed by atoms with E-state index in [0.29, 0.717) is 0 Å². The van der Waals surface area contributed by atoms with Crippen molar-refractivity contribution in [2.45, 2.75) is 0 Å². The monoisotopic (exact) mass is 193 g/mol. The van der Waals surface area contributed by atoms with E-state index in [1.54, 1.807) is 6.07 Å². The fourth-order valence-corrected chi connectivity index (χ4v) is 0.931. The van der Waals surface area contributed by atoms with Crippen LogP contribution in [0.15, 0.2) is 18.2 Å². The first-order chi connectivity index (χ1) is 6.65. The molecular formula is C9H8FN3O. The minimum absolute atomic E-state index is 0.116. The number of hydrogen-bond donors (Lipinski definition) is 2. The van der Waals surface area contributed by atoms with E-state index in [4.69, 9.17) is 11.0 Å². The van der Waals surface area contributed by atoms with Crippen LogP contribution < -0.4 is 11.1 Å². The molecule has 0 heterocycles. The molecule has 1 aromatic rings. The van der Waals surface area contributed by atoms with Gasteiger partial charge < -0.3 is 11.1 Å². The van der Waals surface area contributed by atoms with Crippen molar-refractivity contribution in [1.82, 2.24) is 5.32 Å². The molecule has 0 atom stereocenters. The third-order valence-corrected chi connectivity index (χ3v) is 1.57. The van der Waals surface area contributed by atoms with E-state index in [1.807, 2.05) is 0 Å². The highest BCUT2D eigenvalue weighted by atomic mass is 19.1. The highest BCUT2D eigenvalue weighted by Crippen LogP contribution is 2.11. The number of nitriles is 1. The average molecular weight is 193 g/mol. The van der Waals surface area contributed by atoms with Gasteiger partial charge in [-0.05, 0) is 18.2 Å². The van der Waals surface area contributed by atoms with Crippen molar-refractivity contribution in [2.75, 3.05) is 12.3 Å². The number of carbonyl (C=O) groups excluding carboxylic acids is 1. The van der Waals surface area contributed by atoms with Crippen molar-refractivity contribution in [3.05, 3.63) is 29.6 Å². The molecule has 3 N–H and O–H groups in total. The predicted molar refractivity (Wildman–Crippen MR) is 48.8 cm³/mol. The lowest BCUT2D eigenvalue weighted by molar-refractivity contribution is 0.0954. The molecule has 1 rings (SSSR count). The highest BCUT2D eigenvalue weighted by Gasteiger charge is 2.10. The summed E-state index contributed by atoms with van der Waals surface area (Å²) in [6.07, 6.45) is 0. The number of nitrogens with two attached hydrogens (primary N) is 1. The fraction of sp³-hybridized carbons (Fsp3) is 0.111. The summed E-state index contributed by atoms with van der Waals surface area (Å²) in [6, 6.07) is 5.47. The van der Waals surface area contributed by atoms with Crippen molar-refractivity contribution < 1.29 is 9.18 Å². The molecule has 5 heteroatoms. The Balaban J connectivity index is 2.86. The number of rotatable bonds is 2. The maximum atomic E-state index is 13.1. The quantitative estimate of drug-likeness (QED) is 0.535. The van der Waals surface area contributed by atoms with Crippen molar-refractivity contribution in [2.24, 2.45) is 0 Å². The van der Waals surface area contributed by atoms with Gasteiger partial charge in [-0.25, -0.2) is 4.39 Å². The van der Waals surface area contributed by atoms with Crippen LogP contribution in [0.3, 0.4) is 0 Å². The fourth-order valence-electron chi connectivity index (χ4n) is 0.931. The van der Waals surface area contributed by atoms with E-state index in [2.05, 4.69) is 5.32 Å². The molecule has 0 aromatic heterocycles. The molecule has 0 unspecified atom stereocenters. The van der Waals surface area contributed by atoms with Gasteiger partial charge in [0.1, 0.15) is 12.4 Å². The van der Waals surface area contributed by atoms with Crippen LogP contribution in [0, 0.1) is 17.1 Å². The Morgan fingerprint density at radius 3 is 2.93 bits per heavy atom. The molecule has 14 heavy (non-hydrogen) atoms. The molecule has 1 aromatic carbocycles. The summed E-state index contributed by atoms with van der Waals surface area (Å²) >= 11 is 0. The van der Waals surface area contributed by atoms with Gasteiger partial charge in [-0.3, -0.25) is 4.79 Å². The number of carbonyl (C=O) groups is 1. The molecule has 4 nitrogen and oxygen atoms in total. The summed E-state index contributed by atoms with van der Waals surface area (Å²) in [7, 11) is 0. The second-order valence-electron chi connectivity index (χ2n) is 2.58. The van der Waals surface area contributed by atoms with Crippen LogP contribution in [-0.2, 0) is 0 Å². The Labute approximate surface area is 80.1 Å². The number of benzene rings is 1. The summed E-state index contributed by atoms with van der Waals surface area (Å²) in [5, 5.41) is 10.4. The summed E-state index contributed by atoms with van der Waals surface area (Å²) in [6.45, 7) is -0.150. The van der Waals surface area contributed by atoms with Crippen LogP contribution in [-0.4, -0.2) is 12.5 Å². The SMILES string of the molecule is N#CCNC(=O)c1ccc(N)cc1F. The second kappa shape index (κ2) is 4.23. The van der Waals surface area contributed by atoms with E-state index in [9.17, 15) is 9.18 Å². The number of nitrogens with zero attached hydrogens (tertiary/aromatic N) is 1. The summed E-state index contributed by atoms with van der Waals surface area (Å²) in [5.74, 6) is -1.32. The van der Waals surface area contributed by atoms with Gasteiger partial charge in [0.2, 0.25) is 0 Å². The number of hydrogen-bond acceptors (Lipinski definition) is 3. The molecule has 0 saturated carbocycles. The predicted octanol–water partition coefficient (Wildman–Crippen LogP) is 0.661. The lowest BCUT2D eigenvalue weighted by Gasteiger charge is -2.02. The average Bonchev–Trinajstić information content (AvgIpc) is 2.14. The molecule has 72 valence electrons. The van der Waals surface area contributed by atoms with Gasteiger partial charge in [-0.2, -0.15) is 5.26 Å². The largest absolute Gasteiger partial charge is 0.399 e. The maximum Gasteiger partial charge on any atom is 0.255 e. The molecule has 0 fully saturated rings. The zero-order valence-electron chi connectivity index (χ0n) is 7.25. The Kier molecular flexibility index (Phi) is 3.02. The molecule has 0 aliphatic carbocycles. The minimum Gasteiger partial charge on any atom is -0.399 e. The van der Waals surface area contributed by atoms with E-state index < -0.39 is 11.7 Å². The van der Waals surface area contributed by atoms with Crippen LogP contribution in [0.1, 0.15) is 10.4 Å². The Morgan fingerprint density at radius 2 is 2.36 bits per heavy atom. The van der Waals surface area contributed by atoms with E-state index in [1.165, 1.54) is 12.1 Å². The molecule has 0 aliphatic heterocycles. The Hall–Kier alpha value is -2.09. The van der Waals surface area contributed by atoms with Gasteiger partial charge in [-0.15, -0.1) is 0 Å². The van der Waals surface area contributed by atoms with Crippen molar-refractivity contribution in [3.8, 4) is 6.07 Å². The van der Waals surface area contributed by atoms with Gasteiger partial charge in [0.25, 0.3) is 5.91 Å². The highest BCUT2D eigenvalue weighted by molar-refractivity contribution is 5.94. The van der Waals surface area contributed by atoms with Crippen LogP contribution in [0.5, 0.6) is 0 Å². The molecule has 0 radical (unpaired) electrons. The molecule has 1 amide bonds. The van der Waals surface area contributed by atoms with Gasteiger partial charge >= 0.3 is 0 Å². The van der Waals surface area contributed by atoms with Gasteiger partial charge in [0.05, 0.1) is 11.6 Å². The normalized spacial score (nSPS) is 9.14. The summed E-state index contributed by atoms with van der Waals surface area (Å²) in [4.78, 5) is 11.2. The summed E-state index contributed by atoms with van der Waals surface area (Å²) < 4.78 is 13.1.